The van der Waals surface area contributed by atoms with E-state index in [-0.39, 0.29) is 29.3 Å². The van der Waals surface area contributed by atoms with E-state index in [2.05, 4.69) is 26.0 Å². The van der Waals surface area contributed by atoms with Crippen LogP contribution in [0.25, 0.3) is 0 Å². The van der Waals surface area contributed by atoms with Gasteiger partial charge >= 0.3 is 0 Å². The molecule has 0 radical (unpaired) electrons. The molecule has 0 aromatic carbocycles. The van der Waals surface area contributed by atoms with E-state index in [9.17, 15) is 35.7 Å². The Labute approximate surface area is 330 Å². The Kier molecular flexibility index (Phi) is 12.8. The molecule has 23 atom stereocenters. The normalized spacial score (nSPS) is 55.2. The second-order valence-electron chi connectivity index (χ2n) is 18.5. The van der Waals surface area contributed by atoms with Crippen LogP contribution < -0.4 is 0 Å². The molecule has 3 aliphatic heterocycles. The van der Waals surface area contributed by atoms with Crippen LogP contribution in [0.5, 0.6) is 0 Å². The number of rotatable bonds is 10. The van der Waals surface area contributed by atoms with Crippen LogP contribution in [0.3, 0.4) is 0 Å². The zero-order valence-corrected chi connectivity index (χ0v) is 34.0. The van der Waals surface area contributed by atoms with Crippen LogP contribution in [0.4, 0.5) is 0 Å². The largest absolute Gasteiger partial charge is 0.394 e. The number of aliphatic hydroxyl groups is 7. The van der Waals surface area contributed by atoms with E-state index < -0.39 is 104 Å². The number of methoxy groups -OCH3 is 2. The fourth-order valence-electron chi connectivity index (χ4n) is 12.2. The first-order valence-corrected chi connectivity index (χ1v) is 20.9. The maximum Gasteiger partial charge on any atom is 0.187 e. The summed E-state index contributed by atoms with van der Waals surface area (Å²) in [6, 6.07) is 0. The molecule has 3 saturated heterocycles. The Bertz CT molecular complexity index is 1370. The highest BCUT2D eigenvalue weighted by Crippen LogP contribution is 2.67. The van der Waals surface area contributed by atoms with Crippen molar-refractivity contribution in [2.45, 2.75) is 190 Å². The van der Waals surface area contributed by atoms with Gasteiger partial charge in [-0.05, 0) is 94.8 Å². The quantitative estimate of drug-likeness (QED) is 0.154. The van der Waals surface area contributed by atoms with Crippen molar-refractivity contribution in [1.82, 2.24) is 0 Å². The molecule has 15 nitrogen and oxygen atoms in total. The van der Waals surface area contributed by atoms with Crippen molar-refractivity contribution in [2.75, 3.05) is 20.8 Å². The molecule has 4 aliphatic carbocycles. The summed E-state index contributed by atoms with van der Waals surface area (Å²) in [5.74, 6) is 1.37. The topological polar surface area (TPSA) is 215 Å². The average Bonchev–Trinajstić information content (AvgIpc) is 3.46. The lowest BCUT2D eigenvalue weighted by atomic mass is 9.46. The van der Waals surface area contributed by atoms with Gasteiger partial charge in [-0.3, -0.25) is 0 Å². The van der Waals surface area contributed by atoms with Crippen molar-refractivity contribution in [2.24, 2.45) is 34.5 Å². The van der Waals surface area contributed by atoms with Crippen LogP contribution in [-0.4, -0.2) is 160 Å². The van der Waals surface area contributed by atoms with Crippen LogP contribution in [0.1, 0.15) is 86.0 Å². The van der Waals surface area contributed by atoms with Crippen molar-refractivity contribution in [3.63, 3.8) is 0 Å². The lowest BCUT2D eigenvalue weighted by molar-refractivity contribution is -0.348. The van der Waals surface area contributed by atoms with E-state index >= 15 is 0 Å². The minimum absolute atomic E-state index is 0.0729. The van der Waals surface area contributed by atoms with E-state index in [0.29, 0.717) is 24.2 Å². The SMILES string of the molecule is CO[C@H]1[C@@H](O)[C@@H](C)O[C@@H](O[C@H]2CC[C@@]3(C)[C@@H](C=C[C@@H]4[C@@H]3CC[C@@]3(C)[C@H]4CC[C@]3(O)[C@H](C)O[C@H]3C[C@@H](OC)[C@@H](O[C@@H]4O[C@H](CO)[C@@H](O)[C@H](O)[C@H]4O)[C@@H](C)O3)C2)[C@@H]1O. The highest BCUT2D eigenvalue weighted by Gasteiger charge is 2.66. The fourth-order valence-corrected chi connectivity index (χ4v) is 12.2. The zero-order valence-electron chi connectivity index (χ0n) is 34.0. The van der Waals surface area contributed by atoms with E-state index in [1.54, 1.807) is 21.0 Å². The molecule has 3 saturated carbocycles. The summed E-state index contributed by atoms with van der Waals surface area (Å²) in [5.41, 5.74) is -1.40. The van der Waals surface area contributed by atoms with Gasteiger partial charge in [0.05, 0.1) is 42.7 Å². The third-order valence-electron chi connectivity index (χ3n) is 15.8. The predicted molar refractivity (Wildman–Crippen MR) is 198 cm³/mol. The van der Waals surface area contributed by atoms with Crippen molar-refractivity contribution in [1.29, 1.82) is 0 Å². The summed E-state index contributed by atoms with van der Waals surface area (Å²) in [4.78, 5) is 0. The Morgan fingerprint density at radius 3 is 2.14 bits per heavy atom. The van der Waals surface area contributed by atoms with Crippen LogP contribution in [0.2, 0.25) is 0 Å². The number of hydrogen-bond donors (Lipinski definition) is 7. The lowest BCUT2D eigenvalue weighted by Crippen LogP contribution is -2.62. The third kappa shape index (κ3) is 7.25. The predicted octanol–water partition coefficient (Wildman–Crippen LogP) is 1.14. The number of hydrogen-bond acceptors (Lipinski definition) is 15. The fraction of sp³-hybridized carbons (Fsp3) is 0.951. The molecular formula is C41H68O15. The third-order valence-corrected chi connectivity index (χ3v) is 15.8. The maximum absolute atomic E-state index is 12.7. The Morgan fingerprint density at radius 1 is 0.732 bits per heavy atom. The van der Waals surface area contributed by atoms with E-state index in [1.807, 2.05) is 6.92 Å². The molecule has 0 spiro atoms. The van der Waals surface area contributed by atoms with Gasteiger partial charge in [0.25, 0.3) is 0 Å². The van der Waals surface area contributed by atoms with Gasteiger partial charge in [-0.15, -0.1) is 0 Å². The molecule has 6 fully saturated rings. The van der Waals surface area contributed by atoms with Gasteiger partial charge in [-0.1, -0.05) is 26.0 Å². The van der Waals surface area contributed by atoms with Crippen molar-refractivity contribution < 1.29 is 73.6 Å². The van der Waals surface area contributed by atoms with E-state index in [4.69, 9.17) is 37.9 Å². The Balaban J connectivity index is 0.981. The molecule has 3 heterocycles. The molecule has 0 amide bonds. The number of aliphatic hydroxyl groups excluding tert-OH is 6. The molecular weight excluding hydrogens is 732 g/mol. The van der Waals surface area contributed by atoms with Crippen molar-refractivity contribution in [3.8, 4) is 0 Å². The van der Waals surface area contributed by atoms with Gasteiger partial charge in [0, 0.05) is 26.1 Å². The minimum Gasteiger partial charge on any atom is -0.394 e. The Morgan fingerprint density at radius 2 is 1.45 bits per heavy atom. The zero-order chi connectivity index (χ0) is 40.5. The highest BCUT2D eigenvalue weighted by atomic mass is 16.7. The summed E-state index contributed by atoms with van der Waals surface area (Å²) in [5, 5.41) is 74.6. The summed E-state index contributed by atoms with van der Waals surface area (Å²) in [6.45, 7) is 9.59. The summed E-state index contributed by atoms with van der Waals surface area (Å²) < 4.78 is 48.0. The molecule has 15 heteroatoms. The Hall–Kier alpha value is -0.860. The van der Waals surface area contributed by atoms with Gasteiger partial charge in [0.2, 0.25) is 0 Å². The standard InChI is InChI=1S/C41H68O15/c1-19-30(43)36(50-7)34(47)38(52-19)54-23-10-13-39(4)22(16-23)8-9-24-25(39)11-14-40(5)26(24)12-15-41(40,48)21(3)53-29-17-27(49-6)35(20(2)51-29)56-37-33(46)32(45)31(44)28(18-42)55-37/h8-9,19-38,42-48H,10-18H2,1-7H3/t19-,20-,21+,22+,23+,24-,25+,26+,27-,28-,29+,30+,31-,32+,33-,34-,35+,36+,37+,38+,39+,40+,41+/m1/s1. The van der Waals surface area contributed by atoms with Crippen molar-refractivity contribution >= 4 is 0 Å². The van der Waals surface area contributed by atoms with E-state index in [0.717, 1.165) is 38.5 Å². The highest BCUT2D eigenvalue weighted by molar-refractivity contribution is 5.21. The van der Waals surface area contributed by atoms with Gasteiger partial charge in [0.15, 0.2) is 18.9 Å². The molecule has 0 unspecified atom stereocenters. The summed E-state index contributed by atoms with van der Waals surface area (Å²) in [6.07, 6.45) is -3.32. The molecule has 0 aromatic rings. The molecule has 7 rings (SSSR count). The number of fused-ring (bicyclic) bond motifs is 5. The van der Waals surface area contributed by atoms with Gasteiger partial charge in [0.1, 0.15) is 48.8 Å². The summed E-state index contributed by atoms with van der Waals surface area (Å²) in [7, 11) is 3.02. The molecule has 7 N–H and O–H groups in total. The average molecular weight is 801 g/mol. The van der Waals surface area contributed by atoms with Crippen LogP contribution >= 0.6 is 0 Å². The molecule has 322 valence electrons. The first-order chi connectivity index (χ1) is 26.5. The second-order valence-corrected chi connectivity index (χ2v) is 18.5. The molecule has 7 aliphatic rings. The molecule has 0 bridgehead atoms. The first-order valence-electron chi connectivity index (χ1n) is 20.9. The first kappa shape index (κ1) is 43.2. The smallest absolute Gasteiger partial charge is 0.187 e. The summed E-state index contributed by atoms with van der Waals surface area (Å²) >= 11 is 0. The lowest BCUT2D eigenvalue weighted by Gasteiger charge is -2.60. The number of ether oxygens (including phenoxy) is 8. The van der Waals surface area contributed by atoms with Crippen molar-refractivity contribution in [3.05, 3.63) is 12.2 Å². The van der Waals surface area contributed by atoms with Crippen LogP contribution in [0, 0.1) is 34.5 Å². The van der Waals surface area contributed by atoms with Gasteiger partial charge in [-0.2, -0.15) is 0 Å². The monoisotopic (exact) mass is 800 g/mol. The van der Waals surface area contributed by atoms with Gasteiger partial charge < -0.3 is 73.6 Å². The second kappa shape index (κ2) is 16.5. The number of allylic oxidation sites excluding steroid dienone is 2. The maximum atomic E-state index is 12.7. The van der Waals surface area contributed by atoms with Gasteiger partial charge in [-0.25, -0.2) is 0 Å². The van der Waals surface area contributed by atoms with Crippen LogP contribution in [-0.2, 0) is 37.9 Å². The van der Waals surface area contributed by atoms with E-state index in [1.165, 1.54) is 7.11 Å². The molecule has 0 aromatic heterocycles. The minimum atomic E-state index is -1.57. The molecule has 56 heavy (non-hydrogen) atoms. The van der Waals surface area contributed by atoms with Crippen LogP contribution in [0.15, 0.2) is 12.2 Å².